The summed E-state index contributed by atoms with van der Waals surface area (Å²) in [7, 11) is 0. The quantitative estimate of drug-likeness (QED) is 0.299. The van der Waals surface area contributed by atoms with E-state index < -0.39 is 23.6 Å². The summed E-state index contributed by atoms with van der Waals surface area (Å²) in [6, 6.07) is 4.87. The first-order valence-corrected chi connectivity index (χ1v) is 13.7. The number of benzene rings is 1. The van der Waals surface area contributed by atoms with Crippen LogP contribution in [0.3, 0.4) is 0 Å². The van der Waals surface area contributed by atoms with E-state index in [9.17, 15) is 23.5 Å². The molecule has 10 nitrogen and oxygen atoms in total. The van der Waals surface area contributed by atoms with Gasteiger partial charge < -0.3 is 26.0 Å². The van der Waals surface area contributed by atoms with Crippen LogP contribution in [-0.2, 0) is 22.4 Å². The molecule has 1 saturated heterocycles. The number of piperidine rings is 1. The normalized spacial score (nSPS) is 18.0. The zero-order chi connectivity index (χ0) is 28.1. The van der Waals surface area contributed by atoms with E-state index in [-0.39, 0.29) is 35.1 Å². The highest BCUT2D eigenvalue weighted by molar-refractivity contribution is 5.91. The third-order valence-corrected chi connectivity index (χ3v) is 7.50. The molecule has 5 rings (SSSR count). The van der Waals surface area contributed by atoms with E-state index >= 15 is 0 Å². The molecule has 0 aliphatic carbocycles. The minimum Gasteiger partial charge on any atom is -0.480 e. The number of halogens is 2. The molecule has 0 bridgehead atoms. The van der Waals surface area contributed by atoms with Gasteiger partial charge in [0.25, 0.3) is 0 Å². The monoisotopic (exact) mass is 553 g/mol. The van der Waals surface area contributed by atoms with E-state index in [0.717, 1.165) is 88.1 Å². The lowest BCUT2D eigenvalue weighted by atomic mass is 9.96. The lowest BCUT2D eigenvalue weighted by molar-refractivity contribution is -0.138. The van der Waals surface area contributed by atoms with Crippen LogP contribution in [0.25, 0.3) is 10.9 Å². The van der Waals surface area contributed by atoms with Crippen LogP contribution in [0, 0.1) is 17.6 Å². The molecule has 4 N–H and O–H groups in total. The minimum atomic E-state index is -1.23. The van der Waals surface area contributed by atoms with Gasteiger partial charge in [-0.2, -0.15) is 0 Å². The van der Waals surface area contributed by atoms with Crippen LogP contribution >= 0.6 is 0 Å². The van der Waals surface area contributed by atoms with Crippen LogP contribution in [0.5, 0.6) is 0 Å². The second kappa shape index (κ2) is 12.5. The number of hydrogen-bond acceptors (Lipinski definition) is 8. The summed E-state index contributed by atoms with van der Waals surface area (Å²) in [5, 5.41) is 18.7. The minimum absolute atomic E-state index is 0.0404. The van der Waals surface area contributed by atoms with E-state index in [1.54, 1.807) is 0 Å². The predicted octanol–water partition coefficient (Wildman–Crippen LogP) is 2.99. The topological polar surface area (TPSA) is 132 Å². The fourth-order valence-electron chi connectivity index (χ4n) is 5.34. The fourth-order valence-corrected chi connectivity index (χ4v) is 5.34. The summed E-state index contributed by atoms with van der Waals surface area (Å²) in [6.45, 7) is 3.14. The molecule has 212 valence electrons. The Kier molecular flexibility index (Phi) is 8.63. The lowest BCUT2D eigenvalue weighted by Gasteiger charge is -2.32. The number of anilines is 2. The van der Waals surface area contributed by atoms with Crippen molar-refractivity contribution in [2.75, 3.05) is 43.4 Å². The number of nitrogens with one attached hydrogen (secondary N) is 3. The Labute approximate surface area is 230 Å². The predicted molar refractivity (Wildman–Crippen MR) is 146 cm³/mol. The average molecular weight is 554 g/mol. The number of carboxylic acids is 1. The standard InChI is InChI=1S/C28H33F2N7O3/c29-21-12-20-23(13-22(21)30)33-16-34-26(20)36-24(28(39)40)14-32-27(38)18-5-2-10-37(15-18)11-3-6-19-8-7-17-4-1-9-31-25(17)35-19/h7-8,12-13,16,18,24H,1-6,9-11,14-15H2,(H,31,35)(H,32,38)(H,39,40)(H,33,34,36)/t18-,24?/m1/s1. The van der Waals surface area contributed by atoms with Crippen molar-refractivity contribution in [1.29, 1.82) is 0 Å². The van der Waals surface area contributed by atoms with Gasteiger partial charge in [-0.05, 0) is 69.3 Å². The second-order valence-corrected chi connectivity index (χ2v) is 10.4. The van der Waals surface area contributed by atoms with Crippen molar-refractivity contribution < 1.29 is 23.5 Å². The maximum Gasteiger partial charge on any atom is 0.328 e. The Morgan fingerprint density at radius 3 is 2.88 bits per heavy atom. The summed E-state index contributed by atoms with van der Waals surface area (Å²) < 4.78 is 27.4. The largest absolute Gasteiger partial charge is 0.480 e. The summed E-state index contributed by atoms with van der Waals surface area (Å²) in [6.07, 6.45) is 6.74. The molecule has 2 aliphatic heterocycles. The molecule has 2 aliphatic rings. The van der Waals surface area contributed by atoms with Crippen molar-refractivity contribution in [3.63, 3.8) is 0 Å². The number of aryl methyl sites for hydroxylation is 2. The SMILES string of the molecule is O=C(O)C(CNC(=O)[C@@H]1CCCN(CCCc2ccc3c(n2)NCCC3)C1)Nc1ncnc2cc(F)c(F)cc12. The Morgan fingerprint density at radius 1 is 1.18 bits per heavy atom. The van der Waals surface area contributed by atoms with Crippen molar-refractivity contribution >= 4 is 34.4 Å². The Bertz CT molecular complexity index is 1390. The molecule has 0 saturated carbocycles. The van der Waals surface area contributed by atoms with Gasteiger partial charge in [0.05, 0.1) is 11.4 Å². The number of pyridine rings is 1. The highest BCUT2D eigenvalue weighted by Gasteiger charge is 2.27. The molecular weight excluding hydrogens is 520 g/mol. The number of nitrogens with zero attached hydrogens (tertiary/aromatic N) is 4. The van der Waals surface area contributed by atoms with Gasteiger partial charge in [-0.25, -0.2) is 28.5 Å². The van der Waals surface area contributed by atoms with Gasteiger partial charge in [-0.3, -0.25) is 4.79 Å². The van der Waals surface area contributed by atoms with E-state index in [0.29, 0.717) is 6.54 Å². The van der Waals surface area contributed by atoms with Gasteiger partial charge in [-0.15, -0.1) is 0 Å². The highest BCUT2D eigenvalue weighted by Crippen LogP contribution is 2.24. The average Bonchev–Trinajstić information content (AvgIpc) is 2.96. The van der Waals surface area contributed by atoms with Gasteiger partial charge in [0.15, 0.2) is 11.6 Å². The molecule has 3 aromatic rings. The number of amides is 1. The van der Waals surface area contributed by atoms with E-state index in [4.69, 9.17) is 4.98 Å². The third kappa shape index (κ3) is 6.61. The Morgan fingerprint density at radius 2 is 2.02 bits per heavy atom. The number of aliphatic carboxylic acids is 1. The molecule has 1 unspecified atom stereocenters. The molecule has 1 amide bonds. The van der Waals surface area contributed by atoms with E-state index in [1.165, 1.54) is 5.56 Å². The van der Waals surface area contributed by atoms with Crippen molar-refractivity contribution in [3.8, 4) is 0 Å². The zero-order valence-corrected chi connectivity index (χ0v) is 22.1. The smallest absolute Gasteiger partial charge is 0.328 e. The first kappa shape index (κ1) is 27.6. The lowest BCUT2D eigenvalue weighted by Crippen LogP contribution is -2.47. The molecule has 12 heteroatoms. The second-order valence-electron chi connectivity index (χ2n) is 10.4. The fraction of sp³-hybridized carbons (Fsp3) is 0.464. The molecule has 0 spiro atoms. The number of carboxylic acid groups (broad SMARTS) is 1. The van der Waals surface area contributed by atoms with Crippen molar-refractivity contribution in [2.45, 2.75) is 44.6 Å². The van der Waals surface area contributed by atoms with Crippen LogP contribution in [-0.4, -0.2) is 75.6 Å². The first-order valence-electron chi connectivity index (χ1n) is 13.7. The van der Waals surface area contributed by atoms with Gasteiger partial charge in [0, 0.05) is 36.8 Å². The summed E-state index contributed by atoms with van der Waals surface area (Å²) in [5.74, 6) is -2.78. The van der Waals surface area contributed by atoms with Gasteiger partial charge in [-0.1, -0.05) is 6.07 Å². The Hall–Kier alpha value is -3.93. The molecule has 1 aromatic carbocycles. The molecule has 0 radical (unpaired) electrons. The first-order chi connectivity index (χ1) is 19.4. The molecule has 2 aromatic heterocycles. The van der Waals surface area contributed by atoms with E-state index in [2.05, 4.69) is 43.0 Å². The molecule has 2 atom stereocenters. The molecule has 40 heavy (non-hydrogen) atoms. The zero-order valence-electron chi connectivity index (χ0n) is 22.1. The van der Waals surface area contributed by atoms with Crippen molar-refractivity contribution in [2.24, 2.45) is 5.92 Å². The molecule has 1 fully saturated rings. The number of hydrogen-bond donors (Lipinski definition) is 4. The van der Waals surface area contributed by atoms with Crippen LogP contribution in [0.15, 0.2) is 30.6 Å². The van der Waals surface area contributed by atoms with Gasteiger partial charge in [0.1, 0.15) is 24.0 Å². The number of rotatable bonds is 10. The number of carbonyl (C=O) groups is 2. The van der Waals surface area contributed by atoms with Crippen LogP contribution in [0.4, 0.5) is 20.4 Å². The van der Waals surface area contributed by atoms with Crippen LogP contribution in [0.1, 0.15) is 36.9 Å². The van der Waals surface area contributed by atoms with Crippen molar-refractivity contribution in [1.82, 2.24) is 25.2 Å². The van der Waals surface area contributed by atoms with Crippen LogP contribution < -0.4 is 16.0 Å². The molecule has 4 heterocycles. The van der Waals surface area contributed by atoms with E-state index in [1.807, 2.05) is 0 Å². The number of likely N-dealkylation sites (tertiary alicyclic amines) is 1. The van der Waals surface area contributed by atoms with Gasteiger partial charge >= 0.3 is 5.97 Å². The van der Waals surface area contributed by atoms with Crippen LogP contribution in [0.2, 0.25) is 0 Å². The Balaban J connectivity index is 1.12. The maximum absolute atomic E-state index is 13.8. The number of carbonyl (C=O) groups excluding carboxylic acids is 1. The maximum atomic E-state index is 13.8. The number of fused-ring (bicyclic) bond motifs is 2. The number of aromatic nitrogens is 3. The third-order valence-electron chi connectivity index (χ3n) is 7.50. The summed E-state index contributed by atoms with van der Waals surface area (Å²) in [5.41, 5.74) is 2.47. The highest BCUT2D eigenvalue weighted by atomic mass is 19.2. The summed E-state index contributed by atoms with van der Waals surface area (Å²) >= 11 is 0. The van der Waals surface area contributed by atoms with Crippen molar-refractivity contribution in [3.05, 3.63) is 53.5 Å². The summed E-state index contributed by atoms with van der Waals surface area (Å²) in [4.78, 5) is 39.8. The molecular formula is C28H33F2N7O3. The van der Waals surface area contributed by atoms with Gasteiger partial charge in [0.2, 0.25) is 5.91 Å².